The molecule has 0 radical (unpaired) electrons. The normalized spacial score (nSPS) is 11.9. The fourth-order valence-corrected chi connectivity index (χ4v) is 4.89. The summed E-state index contributed by atoms with van der Waals surface area (Å²) in [4.78, 5) is 11.6. The Morgan fingerprint density at radius 3 is 0.500 bits per heavy atom. The summed E-state index contributed by atoms with van der Waals surface area (Å²) in [7, 11) is 0. The maximum Gasteiger partial charge on any atom is 0.308 e. The van der Waals surface area contributed by atoms with E-state index in [9.17, 15) is 4.79 Å². The standard InChI is InChI=1S/C47H94O23/c1-47(2,3)70-46(49)4-6-50-8-10-52-12-14-54-16-18-56-20-22-58-24-26-60-28-30-62-32-34-64-36-38-66-40-42-68-44-45-69-43-41-67-39-37-65-35-33-63-31-29-61-27-25-59-23-21-57-19-17-55-15-13-53-11-9-51-7-5-48/h48H,4-45H2,1-3H3. The molecule has 0 fully saturated rings. The predicted octanol–water partition coefficient (Wildman–Crippen LogP) is 1.04. The van der Waals surface area contributed by atoms with Gasteiger partial charge in [0.15, 0.2) is 0 Å². The molecule has 0 aliphatic heterocycles. The van der Waals surface area contributed by atoms with Gasteiger partial charge >= 0.3 is 5.97 Å². The summed E-state index contributed by atoms with van der Waals surface area (Å²) in [6.07, 6.45) is 0.225. The smallest absolute Gasteiger partial charge is 0.308 e. The summed E-state index contributed by atoms with van der Waals surface area (Å²) < 4.78 is 114. The first-order valence-corrected chi connectivity index (χ1v) is 24.8. The number of aliphatic hydroxyl groups excluding tert-OH is 1. The van der Waals surface area contributed by atoms with Gasteiger partial charge in [0.05, 0.1) is 277 Å². The molecule has 70 heavy (non-hydrogen) atoms. The van der Waals surface area contributed by atoms with Crippen LogP contribution in [0.3, 0.4) is 0 Å². The summed E-state index contributed by atoms with van der Waals surface area (Å²) in [6, 6.07) is 0. The third kappa shape index (κ3) is 64.6. The van der Waals surface area contributed by atoms with Crippen molar-refractivity contribution in [2.24, 2.45) is 0 Å². The summed E-state index contributed by atoms with van der Waals surface area (Å²) >= 11 is 0. The summed E-state index contributed by atoms with van der Waals surface area (Å²) in [5, 5.41) is 8.60. The van der Waals surface area contributed by atoms with E-state index in [4.69, 9.17) is 105 Å². The lowest BCUT2D eigenvalue weighted by Crippen LogP contribution is -2.24. The van der Waals surface area contributed by atoms with Gasteiger partial charge in [0.2, 0.25) is 0 Å². The molecular weight excluding hydrogens is 932 g/mol. The zero-order chi connectivity index (χ0) is 50.6. The Kier molecular flexibility index (Phi) is 59.0. The van der Waals surface area contributed by atoms with Gasteiger partial charge in [-0.05, 0) is 20.8 Å². The Morgan fingerprint density at radius 2 is 0.371 bits per heavy atom. The Morgan fingerprint density at radius 1 is 0.243 bits per heavy atom. The molecule has 0 aliphatic rings. The van der Waals surface area contributed by atoms with Crippen LogP contribution in [0.2, 0.25) is 0 Å². The second-order valence-electron chi connectivity index (χ2n) is 15.3. The molecule has 23 heteroatoms. The highest BCUT2D eigenvalue weighted by Gasteiger charge is 2.15. The van der Waals surface area contributed by atoms with E-state index < -0.39 is 5.60 Å². The van der Waals surface area contributed by atoms with Crippen molar-refractivity contribution in [1.82, 2.24) is 0 Å². The van der Waals surface area contributed by atoms with E-state index in [-0.39, 0.29) is 19.0 Å². The van der Waals surface area contributed by atoms with Crippen molar-refractivity contribution in [2.45, 2.75) is 32.8 Å². The summed E-state index contributed by atoms with van der Waals surface area (Å²) in [5.41, 5.74) is -0.482. The van der Waals surface area contributed by atoms with E-state index in [0.717, 1.165) is 0 Å². The van der Waals surface area contributed by atoms with Crippen LogP contribution in [0, 0.1) is 0 Å². The highest BCUT2D eigenvalue weighted by molar-refractivity contribution is 5.69. The van der Waals surface area contributed by atoms with Gasteiger partial charge in [-0.3, -0.25) is 4.79 Å². The Balaban J connectivity index is 3.09. The molecule has 0 heterocycles. The number of hydrogen-bond acceptors (Lipinski definition) is 23. The Bertz CT molecular complexity index is 985. The fourth-order valence-electron chi connectivity index (χ4n) is 4.89. The fraction of sp³-hybridized carbons (Fsp3) is 0.979. The van der Waals surface area contributed by atoms with Crippen LogP contribution in [-0.4, -0.2) is 288 Å². The molecule has 0 aliphatic carbocycles. The Hall–Kier alpha value is -1.37. The monoisotopic (exact) mass is 1030 g/mol. The minimum absolute atomic E-state index is 0.0181. The van der Waals surface area contributed by atoms with Gasteiger partial charge < -0.3 is 105 Å². The average Bonchev–Trinajstić information content (AvgIpc) is 3.34. The van der Waals surface area contributed by atoms with Crippen LogP contribution in [0.4, 0.5) is 0 Å². The lowest BCUT2D eigenvalue weighted by Gasteiger charge is -2.19. The van der Waals surface area contributed by atoms with E-state index in [0.29, 0.717) is 264 Å². The second kappa shape index (κ2) is 60.2. The first kappa shape index (κ1) is 68.6. The topological polar surface area (TPSA) is 231 Å². The van der Waals surface area contributed by atoms with E-state index in [1.54, 1.807) is 0 Å². The van der Waals surface area contributed by atoms with E-state index in [2.05, 4.69) is 0 Å². The van der Waals surface area contributed by atoms with E-state index in [1.807, 2.05) is 20.8 Å². The SMILES string of the molecule is CC(C)(C)OC(=O)CCOCCOCCOCCOCCOCCOCCOCCOCCOCCOCCOCCOCCOCCOCCOCCOCCOCCOCCOCCOCCO. The molecule has 420 valence electrons. The van der Waals surface area contributed by atoms with Crippen LogP contribution >= 0.6 is 0 Å². The van der Waals surface area contributed by atoms with Gasteiger partial charge in [-0.15, -0.1) is 0 Å². The van der Waals surface area contributed by atoms with Crippen LogP contribution in [0.5, 0.6) is 0 Å². The van der Waals surface area contributed by atoms with E-state index >= 15 is 0 Å². The van der Waals surface area contributed by atoms with E-state index in [1.165, 1.54) is 0 Å². The summed E-state index contributed by atoms with van der Waals surface area (Å²) in [5.74, 6) is -0.270. The van der Waals surface area contributed by atoms with Crippen molar-refractivity contribution >= 4 is 5.97 Å². The molecule has 0 aromatic heterocycles. The highest BCUT2D eigenvalue weighted by Crippen LogP contribution is 2.08. The van der Waals surface area contributed by atoms with Gasteiger partial charge in [-0.2, -0.15) is 0 Å². The minimum atomic E-state index is -0.482. The molecule has 0 spiro atoms. The summed E-state index contributed by atoms with van der Waals surface area (Å²) in [6.45, 7) is 24.4. The molecule has 0 aromatic rings. The molecule has 0 unspecified atom stereocenters. The zero-order valence-electron chi connectivity index (χ0n) is 43.1. The van der Waals surface area contributed by atoms with Gasteiger partial charge in [-0.1, -0.05) is 0 Å². The molecule has 0 aromatic carbocycles. The van der Waals surface area contributed by atoms with Crippen LogP contribution in [0.1, 0.15) is 27.2 Å². The number of hydrogen-bond donors (Lipinski definition) is 1. The van der Waals surface area contributed by atoms with Crippen molar-refractivity contribution in [1.29, 1.82) is 0 Å². The number of carbonyl (C=O) groups is 1. The molecule has 23 nitrogen and oxygen atoms in total. The van der Waals surface area contributed by atoms with Crippen molar-refractivity contribution < 1.29 is 109 Å². The third-order valence-corrected chi connectivity index (χ3v) is 8.17. The minimum Gasteiger partial charge on any atom is -0.460 e. The molecule has 0 rings (SSSR count). The Labute approximate surface area is 418 Å². The number of rotatable bonds is 62. The largest absolute Gasteiger partial charge is 0.460 e. The van der Waals surface area contributed by atoms with Gasteiger partial charge in [-0.25, -0.2) is 0 Å². The first-order chi connectivity index (χ1) is 34.5. The maximum absolute atomic E-state index is 11.6. The molecule has 0 amide bonds. The second-order valence-corrected chi connectivity index (χ2v) is 15.3. The van der Waals surface area contributed by atoms with Crippen molar-refractivity contribution in [3.8, 4) is 0 Å². The van der Waals surface area contributed by atoms with Crippen LogP contribution < -0.4 is 0 Å². The van der Waals surface area contributed by atoms with Crippen LogP contribution in [-0.2, 0) is 104 Å². The molecule has 0 saturated carbocycles. The lowest BCUT2D eigenvalue weighted by molar-refractivity contribution is -0.156. The highest BCUT2D eigenvalue weighted by atomic mass is 16.6. The lowest BCUT2D eigenvalue weighted by atomic mass is 10.2. The van der Waals surface area contributed by atoms with Gasteiger partial charge in [0.25, 0.3) is 0 Å². The maximum atomic E-state index is 11.6. The number of aliphatic hydroxyl groups is 1. The van der Waals surface area contributed by atoms with Crippen molar-refractivity contribution in [2.75, 3.05) is 271 Å². The van der Waals surface area contributed by atoms with Crippen LogP contribution in [0.15, 0.2) is 0 Å². The quantitative estimate of drug-likeness (QED) is 0.0663. The van der Waals surface area contributed by atoms with Crippen LogP contribution in [0.25, 0.3) is 0 Å². The van der Waals surface area contributed by atoms with Gasteiger partial charge in [0, 0.05) is 0 Å². The number of carbonyl (C=O) groups excluding carboxylic acids is 1. The average molecular weight is 1030 g/mol. The molecule has 1 N–H and O–H groups in total. The van der Waals surface area contributed by atoms with Gasteiger partial charge in [0.1, 0.15) is 5.60 Å². The molecule has 0 atom stereocenters. The zero-order valence-corrected chi connectivity index (χ0v) is 43.1. The molecular formula is C47H94O23. The van der Waals surface area contributed by atoms with Crippen molar-refractivity contribution in [3.05, 3.63) is 0 Å². The predicted molar refractivity (Wildman–Crippen MR) is 254 cm³/mol. The third-order valence-electron chi connectivity index (χ3n) is 8.17. The molecule has 0 saturated heterocycles. The molecule has 0 bridgehead atoms. The first-order valence-electron chi connectivity index (χ1n) is 24.8. The van der Waals surface area contributed by atoms with Crippen molar-refractivity contribution in [3.63, 3.8) is 0 Å². The number of esters is 1. The number of ether oxygens (including phenoxy) is 21.